The molecule has 0 fully saturated rings. The Balaban J connectivity index is 2.50. The van der Waals surface area contributed by atoms with E-state index in [1.807, 2.05) is 0 Å². The molecular formula is C13H12F2N2O4. The molecule has 0 amide bonds. The van der Waals surface area contributed by atoms with Gasteiger partial charge in [0.25, 0.3) is 0 Å². The van der Waals surface area contributed by atoms with Crippen LogP contribution in [0.25, 0.3) is 5.69 Å². The van der Waals surface area contributed by atoms with Gasteiger partial charge in [-0.05, 0) is 12.1 Å². The molecule has 0 atom stereocenters. The summed E-state index contributed by atoms with van der Waals surface area (Å²) in [6.45, 7) is -2.95. The first kappa shape index (κ1) is 14.8. The number of alkyl halides is 2. The largest absolute Gasteiger partial charge is 0.491 e. The summed E-state index contributed by atoms with van der Waals surface area (Å²) in [5.41, 5.74) is -0.315. The van der Waals surface area contributed by atoms with Crippen LogP contribution in [0.5, 0.6) is 17.2 Å². The Bertz CT molecular complexity index is 688. The highest BCUT2D eigenvalue weighted by Gasteiger charge is 2.14. The molecule has 2 rings (SSSR count). The standard InChI is InChI=1S/C13H12F2N2O4/c1-19-10-7-16-17(12(18)11(10)20-2)8-4-3-5-9(6-8)21-13(14)15/h3-7,13H,1-2H3. The Morgan fingerprint density at radius 2 is 2.00 bits per heavy atom. The first-order valence-corrected chi connectivity index (χ1v) is 5.82. The van der Waals surface area contributed by atoms with Gasteiger partial charge in [-0.1, -0.05) is 6.07 Å². The van der Waals surface area contributed by atoms with Crippen LogP contribution >= 0.6 is 0 Å². The van der Waals surface area contributed by atoms with E-state index in [1.54, 1.807) is 0 Å². The van der Waals surface area contributed by atoms with Crippen molar-refractivity contribution in [2.45, 2.75) is 6.61 Å². The molecule has 0 aliphatic rings. The molecule has 1 aromatic carbocycles. The lowest BCUT2D eigenvalue weighted by atomic mass is 10.3. The molecule has 2 aromatic rings. The first-order valence-electron chi connectivity index (χ1n) is 5.82. The predicted molar refractivity (Wildman–Crippen MR) is 69.6 cm³/mol. The van der Waals surface area contributed by atoms with E-state index in [0.717, 1.165) is 4.68 Å². The summed E-state index contributed by atoms with van der Waals surface area (Å²) in [6, 6.07) is 5.62. The van der Waals surface area contributed by atoms with Gasteiger partial charge >= 0.3 is 12.2 Å². The number of aromatic nitrogens is 2. The zero-order valence-corrected chi connectivity index (χ0v) is 11.2. The molecule has 0 radical (unpaired) electrons. The number of hydrogen-bond acceptors (Lipinski definition) is 5. The number of methoxy groups -OCH3 is 2. The summed E-state index contributed by atoms with van der Waals surface area (Å²) in [5, 5.41) is 3.90. The molecule has 112 valence electrons. The average Bonchev–Trinajstić information content (AvgIpc) is 2.46. The van der Waals surface area contributed by atoms with Gasteiger partial charge in [0.15, 0.2) is 5.75 Å². The second-order valence-corrected chi connectivity index (χ2v) is 3.84. The van der Waals surface area contributed by atoms with Crippen molar-refractivity contribution in [3.63, 3.8) is 0 Å². The van der Waals surface area contributed by atoms with Gasteiger partial charge in [0, 0.05) is 6.07 Å². The number of halogens is 2. The Kier molecular flexibility index (Phi) is 4.36. The van der Waals surface area contributed by atoms with E-state index in [4.69, 9.17) is 9.47 Å². The van der Waals surface area contributed by atoms with Gasteiger partial charge in [0.05, 0.1) is 26.1 Å². The molecule has 0 unspecified atom stereocenters. The highest BCUT2D eigenvalue weighted by Crippen LogP contribution is 2.22. The SMILES string of the molecule is COc1cnn(-c2cccc(OC(F)F)c2)c(=O)c1OC. The Morgan fingerprint density at radius 3 is 2.62 bits per heavy atom. The lowest BCUT2D eigenvalue weighted by Gasteiger charge is -2.11. The van der Waals surface area contributed by atoms with Crippen molar-refractivity contribution in [1.29, 1.82) is 0 Å². The van der Waals surface area contributed by atoms with Gasteiger partial charge < -0.3 is 14.2 Å². The molecule has 21 heavy (non-hydrogen) atoms. The zero-order chi connectivity index (χ0) is 15.4. The maximum Gasteiger partial charge on any atom is 0.387 e. The van der Waals surface area contributed by atoms with Crippen molar-refractivity contribution in [3.05, 3.63) is 40.8 Å². The molecule has 8 heteroatoms. The van der Waals surface area contributed by atoms with Crippen LogP contribution in [0.1, 0.15) is 0 Å². The minimum Gasteiger partial charge on any atom is -0.491 e. The smallest absolute Gasteiger partial charge is 0.387 e. The summed E-state index contributed by atoms with van der Waals surface area (Å²) in [7, 11) is 2.69. The van der Waals surface area contributed by atoms with Crippen LogP contribution in [0.2, 0.25) is 0 Å². The van der Waals surface area contributed by atoms with E-state index in [1.165, 1.54) is 44.7 Å². The fourth-order valence-corrected chi connectivity index (χ4v) is 1.73. The zero-order valence-electron chi connectivity index (χ0n) is 11.2. The van der Waals surface area contributed by atoms with Crippen LogP contribution in [0.15, 0.2) is 35.3 Å². The van der Waals surface area contributed by atoms with Crippen LogP contribution in [0, 0.1) is 0 Å². The van der Waals surface area contributed by atoms with Crippen molar-refractivity contribution in [2.24, 2.45) is 0 Å². The number of ether oxygens (including phenoxy) is 3. The number of nitrogens with zero attached hydrogens (tertiary/aromatic N) is 2. The highest BCUT2D eigenvalue weighted by molar-refractivity contribution is 5.42. The third kappa shape index (κ3) is 3.10. The molecule has 0 N–H and O–H groups in total. The predicted octanol–water partition coefficient (Wildman–Crippen LogP) is 1.85. The fourth-order valence-electron chi connectivity index (χ4n) is 1.73. The van der Waals surface area contributed by atoms with E-state index in [2.05, 4.69) is 9.84 Å². The number of hydrogen-bond donors (Lipinski definition) is 0. The van der Waals surface area contributed by atoms with Crippen molar-refractivity contribution >= 4 is 0 Å². The van der Waals surface area contributed by atoms with Gasteiger partial charge in [-0.25, -0.2) is 0 Å². The molecule has 0 spiro atoms. The molecule has 6 nitrogen and oxygen atoms in total. The van der Waals surface area contributed by atoms with Crippen molar-refractivity contribution in [1.82, 2.24) is 9.78 Å². The van der Waals surface area contributed by atoms with Crippen LogP contribution < -0.4 is 19.8 Å². The van der Waals surface area contributed by atoms with Crippen LogP contribution in [0.4, 0.5) is 8.78 Å². The molecule has 0 aliphatic carbocycles. The topological polar surface area (TPSA) is 62.6 Å². The number of rotatable bonds is 5. The summed E-state index contributed by atoms with van der Waals surface area (Å²) >= 11 is 0. The lowest BCUT2D eigenvalue weighted by molar-refractivity contribution is -0.0498. The van der Waals surface area contributed by atoms with E-state index in [9.17, 15) is 13.6 Å². The molecule has 1 heterocycles. The fraction of sp³-hybridized carbons (Fsp3) is 0.231. The van der Waals surface area contributed by atoms with Crippen LogP contribution in [-0.2, 0) is 0 Å². The van der Waals surface area contributed by atoms with Gasteiger partial charge in [-0.2, -0.15) is 18.6 Å². The van der Waals surface area contributed by atoms with Crippen LogP contribution in [0.3, 0.4) is 0 Å². The quantitative estimate of drug-likeness (QED) is 0.843. The van der Waals surface area contributed by atoms with Gasteiger partial charge in [0.1, 0.15) is 5.75 Å². The monoisotopic (exact) mass is 298 g/mol. The maximum absolute atomic E-state index is 12.2. The van der Waals surface area contributed by atoms with E-state index < -0.39 is 12.2 Å². The van der Waals surface area contributed by atoms with E-state index in [0.29, 0.717) is 0 Å². The van der Waals surface area contributed by atoms with Gasteiger partial charge in [-0.3, -0.25) is 4.79 Å². The molecule has 0 saturated heterocycles. The third-order valence-electron chi connectivity index (χ3n) is 2.61. The normalized spacial score (nSPS) is 10.5. The summed E-state index contributed by atoms with van der Waals surface area (Å²) in [4.78, 5) is 12.2. The Hall–Kier alpha value is -2.64. The average molecular weight is 298 g/mol. The van der Waals surface area contributed by atoms with Gasteiger partial charge in [0.2, 0.25) is 5.75 Å². The number of benzene rings is 1. The van der Waals surface area contributed by atoms with Crippen molar-refractivity contribution in [3.8, 4) is 22.9 Å². The summed E-state index contributed by atoms with van der Waals surface area (Å²) in [6.07, 6.45) is 1.29. The minimum absolute atomic E-state index is 0.0346. The molecule has 0 bridgehead atoms. The van der Waals surface area contributed by atoms with Crippen molar-refractivity contribution in [2.75, 3.05) is 14.2 Å². The van der Waals surface area contributed by atoms with E-state index >= 15 is 0 Å². The Morgan fingerprint density at radius 1 is 1.24 bits per heavy atom. The highest BCUT2D eigenvalue weighted by atomic mass is 19.3. The second kappa shape index (κ2) is 6.21. The Labute approximate surface area is 118 Å². The summed E-state index contributed by atoms with van der Waals surface area (Å²) in [5.74, 6) is 0.0670. The second-order valence-electron chi connectivity index (χ2n) is 3.84. The third-order valence-corrected chi connectivity index (χ3v) is 2.61. The van der Waals surface area contributed by atoms with Crippen LogP contribution in [-0.4, -0.2) is 30.6 Å². The maximum atomic E-state index is 12.2. The summed E-state index contributed by atoms with van der Waals surface area (Å²) < 4.78 is 39.6. The van der Waals surface area contributed by atoms with Gasteiger partial charge in [-0.15, -0.1) is 0 Å². The molecule has 0 aliphatic heterocycles. The lowest BCUT2D eigenvalue weighted by Crippen LogP contribution is -2.22. The minimum atomic E-state index is -2.95. The van der Waals surface area contributed by atoms with Crippen molar-refractivity contribution < 1.29 is 23.0 Å². The first-order chi connectivity index (χ1) is 10.1. The van der Waals surface area contributed by atoms with E-state index in [-0.39, 0.29) is 22.9 Å². The molecular weight excluding hydrogens is 286 g/mol. The molecule has 1 aromatic heterocycles. The molecule has 0 saturated carbocycles.